The summed E-state index contributed by atoms with van der Waals surface area (Å²) in [5, 5.41) is 3.32. The molecule has 1 aromatic carbocycles. The van der Waals surface area contributed by atoms with Gasteiger partial charge in [-0.1, -0.05) is 12.1 Å². The molecular formula is C22H26N6O. The molecule has 0 bridgehead atoms. The Morgan fingerprint density at radius 2 is 1.66 bits per heavy atom. The van der Waals surface area contributed by atoms with Crippen LogP contribution in [0.1, 0.15) is 11.3 Å². The number of anilines is 4. The van der Waals surface area contributed by atoms with Crippen LogP contribution >= 0.6 is 0 Å². The van der Waals surface area contributed by atoms with E-state index in [9.17, 15) is 0 Å². The highest BCUT2D eigenvalue weighted by Crippen LogP contribution is 2.28. The van der Waals surface area contributed by atoms with Crippen molar-refractivity contribution in [3.05, 3.63) is 59.9 Å². The number of rotatable bonds is 5. The summed E-state index contributed by atoms with van der Waals surface area (Å²) in [6.07, 6.45) is 1.84. The number of aryl methyl sites for hydroxylation is 2. The number of nitrogens with zero attached hydrogens (tertiary/aromatic N) is 5. The molecule has 29 heavy (non-hydrogen) atoms. The van der Waals surface area contributed by atoms with Crippen molar-refractivity contribution in [2.75, 3.05) is 48.4 Å². The van der Waals surface area contributed by atoms with Crippen LogP contribution in [0.15, 0.2) is 48.7 Å². The topological polar surface area (TPSA) is 66.4 Å². The average molecular weight is 390 g/mol. The van der Waals surface area contributed by atoms with Crippen LogP contribution < -0.4 is 19.9 Å². The van der Waals surface area contributed by atoms with Crippen LogP contribution in [0.2, 0.25) is 0 Å². The standard InChI is InChI=1S/C22H26N6O/c1-16-7-8-19(29-3)18(14-16)25-22-24-17(2)15-21(26-22)28-12-10-27(11-13-28)20-6-4-5-9-23-20/h4-9,14-15H,10-13H2,1-3H3,(H,24,25,26). The molecule has 2 aromatic heterocycles. The first-order valence-electron chi connectivity index (χ1n) is 9.80. The maximum absolute atomic E-state index is 5.46. The molecule has 3 aromatic rings. The van der Waals surface area contributed by atoms with E-state index in [1.807, 2.05) is 56.4 Å². The highest BCUT2D eigenvalue weighted by Gasteiger charge is 2.20. The van der Waals surface area contributed by atoms with Crippen molar-refractivity contribution >= 4 is 23.3 Å². The molecule has 1 fully saturated rings. The molecule has 0 unspecified atom stereocenters. The summed E-state index contributed by atoms with van der Waals surface area (Å²) in [5.41, 5.74) is 2.94. The summed E-state index contributed by atoms with van der Waals surface area (Å²) in [5.74, 6) is 3.31. The highest BCUT2D eigenvalue weighted by molar-refractivity contribution is 5.64. The summed E-state index contributed by atoms with van der Waals surface area (Å²) >= 11 is 0. The quantitative estimate of drug-likeness (QED) is 0.714. The molecule has 1 aliphatic heterocycles. The van der Waals surface area contributed by atoms with Gasteiger partial charge in [-0.3, -0.25) is 0 Å². The van der Waals surface area contributed by atoms with Crippen LogP contribution in [-0.2, 0) is 0 Å². The van der Waals surface area contributed by atoms with Crippen LogP contribution in [0.5, 0.6) is 5.75 Å². The fourth-order valence-corrected chi connectivity index (χ4v) is 3.52. The molecule has 1 N–H and O–H groups in total. The number of nitrogens with one attached hydrogen (secondary N) is 1. The van der Waals surface area contributed by atoms with Gasteiger partial charge in [0.2, 0.25) is 5.95 Å². The molecular weight excluding hydrogens is 364 g/mol. The molecule has 0 aliphatic carbocycles. The van der Waals surface area contributed by atoms with Gasteiger partial charge >= 0.3 is 0 Å². The van der Waals surface area contributed by atoms with Crippen molar-refractivity contribution in [1.82, 2.24) is 15.0 Å². The van der Waals surface area contributed by atoms with Gasteiger partial charge < -0.3 is 19.9 Å². The molecule has 0 saturated carbocycles. The normalized spacial score (nSPS) is 14.0. The Bertz CT molecular complexity index is 970. The lowest BCUT2D eigenvalue weighted by molar-refractivity contribution is 0.416. The van der Waals surface area contributed by atoms with E-state index in [0.717, 1.165) is 60.5 Å². The first kappa shape index (κ1) is 19.0. The van der Waals surface area contributed by atoms with E-state index in [4.69, 9.17) is 9.72 Å². The van der Waals surface area contributed by atoms with Crippen molar-refractivity contribution < 1.29 is 4.74 Å². The Morgan fingerprint density at radius 3 is 2.34 bits per heavy atom. The van der Waals surface area contributed by atoms with E-state index in [-0.39, 0.29) is 0 Å². The van der Waals surface area contributed by atoms with Crippen LogP contribution in [0, 0.1) is 13.8 Å². The molecule has 1 saturated heterocycles. The van der Waals surface area contributed by atoms with Crippen molar-refractivity contribution in [3.8, 4) is 5.75 Å². The molecule has 1 aliphatic rings. The van der Waals surface area contributed by atoms with Crippen LogP contribution in [0.25, 0.3) is 0 Å². The van der Waals surface area contributed by atoms with Gasteiger partial charge in [0.05, 0.1) is 12.8 Å². The molecule has 0 amide bonds. The van der Waals surface area contributed by atoms with E-state index in [2.05, 4.69) is 31.2 Å². The number of methoxy groups -OCH3 is 1. The third-order valence-corrected chi connectivity index (χ3v) is 5.02. The minimum atomic E-state index is 0.580. The van der Waals surface area contributed by atoms with E-state index < -0.39 is 0 Å². The number of aromatic nitrogens is 3. The Balaban J connectivity index is 1.50. The van der Waals surface area contributed by atoms with Gasteiger partial charge in [0, 0.05) is 44.1 Å². The van der Waals surface area contributed by atoms with Crippen molar-refractivity contribution in [3.63, 3.8) is 0 Å². The van der Waals surface area contributed by atoms with Crippen molar-refractivity contribution in [2.45, 2.75) is 13.8 Å². The zero-order valence-electron chi connectivity index (χ0n) is 17.1. The summed E-state index contributed by atoms with van der Waals surface area (Å²) in [6.45, 7) is 7.64. The lowest BCUT2D eigenvalue weighted by atomic mass is 10.2. The van der Waals surface area contributed by atoms with Gasteiger partial charge in [0.25, 0.3) is 0 Å². The Labute approximate surface area is 171 Å². The predicted octanol–water partition coefficient (Wildman–Crippen LogP) is 3.57. The minimum absolute atomic E-state index is 0.580. The largest absolute Gasteiger partial charge is 0.495 e. The third kappa shape index (κ3) is 4.39. The highest BCUT2D eigenvalue weighted by atomic mass is 16.5. The van der Waals surface area contributed by atoms with Crippen LogP contribution in [-0.4, -0.2) is 48.2 Å². The van der Waals surface area contributed by atoms with E-state index in [1.165, 1.54) is 0 Å². The lowest BCUT2D eigenvalue weighted by Crippen LogP contribution is -2.47. The van der Waals surface area contributed by atoms with Crippen molar-refractivity contribution in [1.29, 1.82) is 0 Å². The second kappa shape index (κ2) is 8.34. The number of hydrogen-bond donors (Lipinski definition) is 1. The zero-order valence-corrected chi connectivity index (χ0v) is 17.1. The maximum atomic E-state index is 5.46. The molecule has 4 rings (SSSR count). The zero-order chi connectivity index (χ0) is 20.2. The summed E-state index contributed by atoms with van der Waals surface area (Å²) < 4.78 is 5.46. The molecule has 3 heterocycles. The minimum Gasteiger partial charge on any atom is -0.495 e. The Morgan fingerprint density at radius 1 is 0.897 bits per heavy atom. The monoisotopic (exact) mass is 390 g/mol. The molecule has 0 spiro atoms. The molecule has 0 radical (unpaired) electrons. The van der Waals surface area contributed by atoms with Gasteiger partial charge in [-0.15, -0.1) is 0 Å². The second-order valence-electron chi connectivity index (χ2n) is 7.18. The Kier molecular flexibility index (Phi) is 5.46. The summed E-state index contributed by atoms with van der Waals surface area (Å²) in [4.78, 5) is 18.4. The number of piperazine rings is 1. The SMILES string of the molecule is COc1ccc(C)cc1Nc1nc(C)cc(N2CCN(c3ccccn3)CC2)n1. The van der Waals surface area contributed by atoms with Crippen molar-refractivity contribution in [2.24, 2.45) is 0 Å². The summed E-state index contributed by atoms with van der Waals surface area (Å²) in [7, 11) is 1.67. The van der Waals surface area contributed by atoms with Crippen LogP contribution in [0.3, 0.4) is 0 Å². The van der Waals surface area contributed by atoms with Crippen LogP contribution in [0.4, 0.5) is 23.3 Å². The smallest absolute Gasteiger partial charge is 0.229 e. The van der Waals surface area contributed by atoms with E-state index in [0.29, 0.717) is 5.95 Å². The van der Waals surface area contributed by atoms with Gasteiger partial charge in [-0.25, -0.2) is 9.97 Å². The molecule has 7 nitrogen and oxygen atoms in total. The fraction of sp³-hybridized carbons (Fsp3) is 0.318. The third-order valence-electron chi connectivity index (χ3n) is 5.02. The van der Waals surface area contributed by atoms with Gasteiger partial charge in [-0.05, 0) is 43.7 Å². The van der Waals surface area contributed by atoms with E-state index >= 15 is 0 Å². The number of pyridine rings is 1. The number of benzene rings is 1. The second-order valence-corrected chi connectivity index (χ2v) is 7.18. The van der Waals surface area contributed by atoms with Gasteiger partial charge in [-0.2, -0.15) is 4.98 Å². The molecule has 150 valence electrons. The lowest BCUT2D eigenvalue weighted by Gasteiger charge is -2.36. The summed E-state index contributed by atoms with van der Waals surface area (Å²) in [6, 6.07) is 14.1. The first-order chi connectivity index (χ1) is 14.1. The predicted molar refractivity (Wildman–Crippen MR) is 116 cm³/mol. The number of hydrogen-bond acceptors (Lipinski definition) is 7. The first-order valence-corrected chi connectivity index (χ1v) is 9.80. The fourth-order valence-electron chi connectivity index (χ4n) is 3.52. The molecule has 0 atom stereocenters. The average Bonchev–Trinajstić information content (AvgIpc) is 2.74. The maximum Gasteiger partial charge on any atom is 0.229 e. The molecule has 7 heteroatoms. The van der Waals surface area contributed by atoms with E-state index in [1.54, 1.807) is 7.11 Å². The van der Waals surface area contributed by atoms with Gasteiger partial charge in [0.15, 0.2) is 0 Å². The van der Waals surface area contributed by atoms with Gasteiger partial charge in [0.1, 0.15) is 17.4 Å². The Hall–Kier alpha value is -3.35. The number of ether oxygens (including phenoxy) is 1.